The van der Waals surface area contributed by atoms with Crippen LogP contribution in [0.5, 0.6) is 5.75 Å². The van der Waals surface area contributed by atoms with E-state index in [1.165, 1.54) is 12.1 Å². The fraction of sp³-hybridized carbons (Fsp3) is 0.647. The minimum atomic E-state index is -0.866. The SMILES string of the molecule is CCCCCC(CCCCC)c1cc(F)c(O)c(F)c1. The lowest BCUT2D eigenvalue weighted by molar-refractivity contribution is 0.393. The average Bonchev–Trinajstić information content (AvgIpc) is 2.43. The molecule has 0 aliphatic heterocycles. The molecule has 0 saturated heterocycles. The Labute approximate surface area is 121 Å². The number of hydrogen-bond donors (Lipinski definition) is 1. The maximum atomic E-state index is 13.5. The zero-order chi connectivity index (χ0) is 15.0. The number of phenols is 1. The topological polar surface area (TPSA) is 20.2 Å². The van der Waals surface area contributed by atoms with Gasteiger partial charge in [0.1, 0.15) is 0 Å². The molecule has 0 aliphatic rings. The lowest BCUT2D eigenvalue weighted by Gasteiger charge is -2.18. The quantitative estimate of drug-likeness (QED) is 0.558. The molecule has 0 fully saturated rings. The number of unbranched alkanes of at least 4 members (excludes halogenated alkanes) is 4. The number of aromatic hydroxyl groups is 1. The van der Waals surface area contributed by atoms with Gasteiger partial charge in [-0.25, -0.2) is 8.78 Å². The summed E-state index contributed by atoms with van der Waals surface area (Å²) in [5.74, 6) is -2.38. The fourth-order valence-corrected chi connectivity index (χ4v) is 2.58. The Hall–Kier alpha value is -1.12. The van der Waals surface area contributed by atoms with E-state index in [1.54, 1.807) is 0 Å². The third kappa shape index (κ3) is 5.10. The second-order valence-electron chi connectivity index (χ2n) is 5.52. The first-order chi connectivity index (χ1) is 9.60. The first kappa shape index (κ1) is 16.9. The Balaban J connectivity index is 2.79. The Kier molecular flexibility index (Phi) is 7.56. The van der Waals surface area contributed by atoms with Crippen LogP contribution in [0.4, 0.5) is 8.78 Å². The summed E-state index contributed by atoms with van der Waals surface area (Å²) in [7, 11) is 0. The van der Waals surface area contributed by atoms with E-state index in [2.05, 4.69) is 13.8 Å². The van der Waals surface area contributed by atoms with Crippen molar-refractivity contribution in [3.63, 3.8) is 0 Å². The number of phenolic OH excluding ortho intramolecular Hbond substituents is 1. The Bertz CT molecular complexity index is 371. The molecule has 1 rings (SSSR count). The van der Waals surface area contributed by atoms with Crippen molar-refractivity contribution in [3.8, 4) is 5.75 Å². The largest absolute Gasteiger partial charge is 0.503 e. The van der Waals surface area contributed by atoms with E-state index in [9.17, 15) is 13.9 Å². The molecule has 0 bridgehead atoms. The van der Waals surface area contributed by atoms with Crippen molar-refractivity contribution in [1.82, 2.24) is 0 Å². The van der Waals surface area contributed by atoms with Crippen molar-refractivity contribution in [2.24, 2.45) is 0 Å². The van der Waals surface area contributed by atoms with Crippen molar-refractivity contribution in [2.75, 3.05) is 0 Å². The normalized spacial score (nSPS) is 11.2. The van der Waals surface area contributed by atoms with Crippen LogP contribution in [-0.2, 0) is 0 Å². The molecule has 114 valence electrons. The molecule has 0 saturated carbocycles. The molecule has 3 heteroatoms. The maximum Gasteiger partial charge on any atom is 0.187 e. The van der Waals surface area contributed by atoms with E-state index < -0.39 is 17.4 Å². The summed E-state index contributed by atoms with van der Waals surface area (Å²) in [6, 6.07) is 2.59. The lowest BCUT2D eigenvalue weighted by atomic mass is 9.88. The van der Waals surface area contributed by atoms with Crippen LogP contribution in [0.1, 0.15) is 76.7 Å². The van der Waals surface area contributed by atoms with Crippen molar-refractivity contribution < 1.29 is 13.9 Å². The van der Waals surface area contributed by atoms with Crippen LogP contribution in [-0.4, -0.2) is 5.11 Å². The van der Waals surface area contributed by atoms with Gasteiger partial charge in [-0.2, -0.15) is 0 Å². The first-order valence-corrected chi connectivity index (χ1v) is 7.78. The molecule has 1 aromatic carbocycles. The van der Waals surface area contributed by atoms with Gasteiger partial charge in [0.05, 0.1) is 0 Å². The van der Waals surface area contributed by atoms with Crippen LogP contribution in [0, 0.1) is 11.6 Å². The van der Waals surface area contributed by atoms with E-state index in [-0.39, 0.29) is 5.92 Å². The Morgan fingerprint density at radius 1 is 0.900 bits per heavy atom. The zero-order valence-electron chi connectivity index (χ0n) is 12.6. The summed E-state index contributed by atoms with van der Waals surface area (Å²) in [5, 5.41) is 9.19. The monoisotopic (exact) mass is 284 g/mol. The Morgan fingerprint density at radius 2 is 1.35 bits per heavy atom. The molecule has 0 atom stereocenters. The number of hydrogen-bond acceptors (Lipinski definition) is 1. The molecule has 1 aromatic rings. The third-order valence-corrected chi connectivity index (χ3v) is 3.82. The highest BCUT2D eigenvalue weighted by Crippen LogP contribution is 2.32. The van der Waals surface area contributed by atoms with Gasteiger partial charge >= 0.3 is 0 Å². The van der Waals surface area contributed by atoms with Crippen LogP contribution in [0.15, 0.2) is 12.1 Å². The first-order valence-electron chi connectivity index (χ1n) is 7.78. The molecule has 0 amide bonds. The Morgan fingerprint density at radius 3 is 1.75 bits per heavy atom. The number of halogens is 2. The maximum absolute atomic E-state index is 13.5. The summed E-state index contributed by atoms with van der Waals surface area (Å²) in [5.41, 5.74) is 0.685. The van der Waals surface area contributed by atoms with Crippen molar-refractivity contribution in [1.29, 1.82) is 0 Å². The average molecular weight is 284 g/mol. The van der Waals surface area contributed by atoms with Gasteiger partial charge in [0.25, 0.3) is 0 Å². The lowest BCUT2D eigenvalue weighted by Crippen LogP contribution is -2.02. The molecule has 1 nitrogen and oxygen atoms in total. The van der Waals surface area contributed by atoms with Crippen LogP contribution in [0.2, 0.25) is 0 Å². The molecule has 0 aromatic heterocycles. The predicted octanol–water partition coefficient (Wildman–Crippen LogP) is 5.91. The number of rotatable bonds is 9. The summed E-state index contributed by atoms with van der Waals surface area (Å²) in [4.78, 5) is 0. The van der Waals surface area contributed by atoms with Gasteiger partial charge < -0.3 is 5.11 Å². The molecule has 0 spiro atoms. The summed E-state index contributed by atoms with van der Waals surface area (Å²) in [6.45, 7) is 4.29. The predicted molar refractivity (Wildman–Crippen MR) is 79.0 cm³/mol. The summed E-state index contributed by atoms with van der Waals surface area (Å²) < 4.78 is 27.0. The van der Waals surface area contributed by atoms with E-state index in [1.807, 2.05) is 0 Å². The van der Waals surface area contributed by atoms with E-state index in [0.29, 0.717) is 5.56 Å². The smallest absolute Gasteiger partial charge is 0.187 e. The van der Waals surface area contributed by atoms with Gasteiger partial charge in [0.2, 0.25) is 0 Å². The van der Waals surface area contributed by atoms with Crippen molar-refractivity contribution in [3.05, 3.63) is 29.3 Å². The fourth-order valence-electron chi connectivity index (χ4n) is 2.58. The molecule has 0 unspecified atom stereocenters. The second-order valence-corrected chi connectivity index (χ2v) is 5.52. The highest BCUT2D eigenvalue weighted by atomic mass is 19.1. The molecule has 0 aliphatic carbocycles. The van der Waals surface area contributed by atoms with Crippen LogP contribution < -0.4 is 0 Å². The van der Waals surface area contributed by atoms with E-state index in [4.69, 9.17) is 0 Å². The van der Waals surface area contributed by atoms with Gasteiger partial charge in [-0.3, -0.25) is 0 Å². The van der Waals surface area contributed by atoms with E-state index >= 15 is 0 Å². The molecule has 1 N–H and O–H groups in total. The molecule has 0 radical (unpaired) electrons. The van der Waals surface area contributed by atoms with Crippen LogP contribution >= 0.6 is 0 Å². The van der Waals surface area contributed by atoms with Gasteiger partial charge in [-0.1, -0.05) is 52.4 Å². The number of benzene rings is 1. The van der Waals surface area contributed by atoms with Crippen LogP contribution in [0.3, 0.4) is 0 Å². The van der Waals surface area contributed by atoms with Gasteiger partial charge in [0, 0.05) is 0 Å². The molecule has 20 heavy (non-hydrogen) atoms. The van der Waals surface area contributed by atoms with E-state index in [0.717, 1.165) is 51.4 Å². The highest BCUT2D eigenvalue weighted by Gasteiger charge is 2.16. The molecular formula is C17H26F2O. The highest BCUT2D eigenvalue weighted by molar-refractivity contribution is 5.32. The van der Waals surface area contributed by atoms with Gasteiger partial charge in [-0.05, 0) is 36.5 Å². The van der Waals surface area contributed by atoms with Gasteiger partial charge in [0.15, 0.2) is 17.4 Å². The molecular weight excluding hydrogens is 258 g/mol. The van der Waals surface area contributed by atoms with Crippen molar-refractivity contribution >= 4 is 0 Å². The molecule has 0 heterocycles. The van der Waals surface area contributed by atoms with Crippen molar-refractivity contribution in [2.45, 2.75) is 71.1 Å². The van der Waals surface area contributed by atoms with Crippen LogP contribution in [0.25, 0.3) is 0 Å². The minimum Gasteiger partial charge on any atom is -0.503 e. The summed E-state index contributed by atoms with van der Waals surface area (Å²) in [6.07, 6.45) is 8.65. The minimum absolute atomic E-state index is 0.192. The standard InChI is InChI=1S/C17H26F2O/c1-3-5-7-9-13(10-8-6-4-2)14-11-15(18)17(20)16(19)12-14/h11-13,20H,3-10H2,1-2H3. The third-order valence-electron chi connectivity index (χ3n) is 3.82. The summed E-state index contributed by atoms with van der Waals surface area (Å²) >= 11 is 0. The van der Waals surface area contributed by atoms with Gasteiger partial charge in [-0.15, -0.1) is 0 Å². The zero-order valence-corrected chi connectivity index (χ0v) is 12.6. The second kappa shape index (κ2) is 8.93.